The summed E-state index contributed by atoms with van der Waals surface area (Å²) >= 11 is 0. The molecule has 0 unspecified atom stereocenters. The average molecular weight is 239 g/mol. The molecular formula is C14H29N3. The van der Waals surface area contributed by atoms with Gasteiger partial charge in [-0.3, -0.25) is 4.99 Å². The standard InChI is InChI=1S/C14H29N3/c1-14(2,3)17-13(15-4)16-11-10-12-8-6-5-7-9-12/h12H,5-11H2,1-4H3,(H2,15,16,17). The van der Waals surface area contributed by atoms with Gasteiger partial charge in [-0.15, -0.1) is 0 Å². The van der Waals surface area contributed by atoms with Crippen molar-refractivity contribution in [3.8, 4) is 0 Å². The van der Waals surface area contributed by atoms with Gasteiger partial charge >= 0.3 is 0 Å². The van der Waals surface area contributed by atoms with E-state index in [2.05, 4.69) is 36.4 Å². The summed E-state index contributed by atoms with van der Waals surface area (Å²) in [6, 6.07) is 0. The number of nitrogens with zero attached hydrogens (tertiary/aromatic N) is 1. The van der Waals surface area contributed by atoms with Crippen molar-refractivity contribution in [1.29, 1.82) is 0 Å². The molecule has 0 radical (unpaired) electrons. The molecule has 0 bridgehead atoms. The molecular weight excluding hydrogens is 210 g/mol. The van der Waals surface area contributed by atoms with E-state index in [0.29, 0.717) is 0 Å². The molecule has 0 saturated heterocycles. The molecule has 0 aromatic heterocycles. The fourth-order valence-corrected chi connectivity index (χ4v) is 2.40. The van der Waals surface area contributed by atoms with Crippen LogP contribution in [0.25, 0.3) is 0 Å². The Morgan fingerprint density at radius 2 is 1.82 bits per heavy atom. The summed E-state index contributed by atoms with van der Waals surface area (Å²) in [5, 5.41) is 6.79. The Hall–Kier alpha value is -0.730. The number of rotatable bonds is 3. The van der Waals surface area contributed by atoms with E-state index in [1.54, 1.807) is 0 Å². The molecule has 3 nitrogen and oxygen atoms in total. The largest absolute Gasteiger partial charge is 0.356 e. The Bertz CT molecular complexity index is 234. The number of guanidine groups is 1. The molecule has 3 heteroatoms. The summed E-state index contributed by atoms with van der Waals surface area (Å²) in [4.78, 5) is 4.25. The third-order valence-corrected chi connectivity index (χ3v) is 3.29. The second-order valence-corrected chi connectivity index (χ2v) is 6.17. The van der Waals surface area contributed by atoms with Crippen LogP contribution in [0.1, 0.15) is 59.3 Å². The second kappa shape index (κ2) is 6.87. The van der Waals surface area contributed by atoms with E-state index in [9.17, 15) is 0 Å². The van der Waals surface area contributed by atoms with Crippen LogP contribution in [0.4, 0.5) is 0 Å². The molecule has 1 saturated carbocycles. The molecule has 2 N–H and O–H groups in total. The Balaban J connectivity index is 2.19. The first kappa shape index (κ1) is 14.3. The smallest absolute Gasteiger partial charge is 0.191 e. The molecule has 0 heterocycles. The third-order valence-electron chi connectivity index (χ3n) is 3.29. The van der Waals surface area contributed by atoms with E-state index in [1.165, 1.54) is 38.5 Å². The second-order valence-electron chi connectivity index (χ2n) is 6.17. The monoisotopic (exact) mass is 239 g/mol. The van der Waals surface area contributed by atoms with E-state index in [0.717, 1.165) is 18.4 Å². The zero-order valence-electron chi connectivity index (χ0n) is 12.0. The molecule has 1 rings (SSSR count). The maximum atomic E-state index is 4.25. The van der Waals surface area contributed by atoms with Crippen LogP contribution in [0, 0.1) is 5.92 Å². The summed E-state index contributed by atoms with van der Waals surface area (Å²) in [5.74, 6) is 1.86. The normalized spacial score (nSPS) is 19.2. The van der Waals surface area contributed by atoms with Gasteiger partial charge in [0.1, 0.15) is 0 Å². The average Bonchev–Trinajstić information content (AvgIpc) is 2.27. The molecule has 0 aromatic rings. The highest BCUT2D eigenvalue weighted by atomic mass is 15.2. The minimum atomic E-state index is 0.0761. The van der Waals surface area contributed by atoms with Crippen molar-refractivity contribution < 1.29 is 0 Å². The van der Waals surface area contributed by atoms with Gasteiger partial charge in [-0.25, -0.2) is 0 Å². The lowest BCUT2D eigenvalue weighted by Crippen LogP contribution is -2.47. The van der Waals surface area contributed by atoms with Gasteiger partial charge in [0, 0.05) is 19.1 Å². The van der Waals surface area contributed by atoms with Crippen LogP contribution in [0.15, 0.2) is 4.99 Å². The number of aliphatic imine (C=N–C) groups is 1. The molecule has 0 amide bonds. The Morgan fingerprint density at radius 1 is 1.18 bits per heavy atom. The van der Waals surface area contributed by atoms with Crippen LogP contribution in [0.5, 0.6) is 0 Å². The van der Waals surface area contributed by atoms with Gasteiger partial charge in [-0.05, 0) is 33.1 Å². The molecule has 0 spiro atoms. The van der Waals surface area contributed by atoms with Gasteiger partial charge in [0.2, 0.25) is 0 Å². The van der Waals surface area contributed by atoms with Crippen molar-refractivity contribution in [2.24, 2.45) is 10.9 Å². The Labute approximate surface area is 106 Å². The van der Waals surface area contributed by atoms with Crippen LogP contribution >= 0.6 is 0 Å². The topological polar surface area (TPSA) is 36.4 Å². The fraction of sp³-hybridized carbons (Fsp3) is 0.929. The van der Waals surface area contributed by atoms with Crippen LogP contribution in [-0.2, 0) is 0 Å². The number of nitrogens with one attached hydrogen (secondary N) is 2. The van der Waals surface area contributed by atoms with E-state index in [4.69, 9.17) is 0 Å². The summed E-state index contributed by atoms with van der Waals surface area (Å²) in [5.41, 5.74) is 0.0761. The quantitative estimate of drug-likeness (QED) is 0.587. The zero-order chi connectivity index (χ0) is 12.7. The summed E-state index contributed by atoms with van der Waals surface area (Å²) in [7, 11) is 1.84. The zero-order valence-corrected chi connectivity index (χ0v) is 12.0. The van der Waals surface area contributed by atoms with Gasteiger partial charge in [-0.2, -0.15) is 0 Å². The van der Waals surface area contributed by atoms with Crippen molar-refractivity contribution >= 4 is 5.96 Å². The summed E-state index contributed by atoms with van der Waals surface area (Å²) < 4.78 is 0. The maximum absolute atomic E-state index is 4.25. The molecule has 0 aliphatic heterocycles. The van der Waals surface area contributed by atoms with E-state index in [-0.39, 0.29) is 5.54 Å². The van der Waals surface area contributed by atoms with Gasteiger partial charge in [-0.1, -0.05) is 32.1 Å². The lowest BCUT2D eigenvalue weighted by molar-refractivity contribution is 0.338. The Kier molecular flexibility index (Phi) is 5.79. The van der Waals surface area contributed by atoms with Crippen LogP contribution in [0.2, 0.25) is 0 Å². The van der Waals surface area contributed by atoms with Crippen molar-refractivity contribution in [1.82, 2.24) is 10.6 Å². The first-order valence-electron chi connectivity index (χ1n) is 7.00. The van der Waals surface area contributed by atoms with Gasteiger partial charge in [0.25, 0.3) is 0 Å². The minimum Gasteiger partial charge on any atom is -0.356 e. The van der Waals surface area contributed by atoms with Crippen molar-refractivity contribution in [2.75, 3.05) is 13.6 Å². The highest BCUT2D eigenvalue weighted by Crippen LogP contribution is 2.25. The summed E-state index contributed by atoms with van der Waals surface area (Å²) in [6.45, 7) is 7.50. The fourth-order valence-electron chi connectivity index (χ4n) is 2.40. The van der Waals surface area contributed by atoms with Gasteiger partial charge in [0.05, 0.1) is 0 Å². The minimum absolute atomic E-state index is 0.0761. The van der Waals surface area contributed by atoms with Gasteiger partial charge in [0.15, 0.2) is 5.96 Å². The van der Waals surface area contributed by atoms with Crippen LogP contribution < -0.4 is 10.6 Å². The lowest BCUT2D eigenvalue weighted by atomic mass is 9.87. The molecule has 17 heavy (non-hydrogen) atoms. The summed E-state index contributed by atoms with van der Waals surface area (Å²) in [6.07, 6.45) is 8.43. The molecule has 100 valence electrons. The highest BCUT2D eigenvalue weighted by Gasteiger charge is 2.14. The molecule has 1 aliphatic rings. The number of hydrogen-bond acceptors (Lipinski definition) is 1. The van der Waals surface area contributed by atoms with Crippen molar-refractivity contribution in [3.05, 3.63) is 0 Å². The molecule has 1 fully saturated rings. The van der Waals surface area contributed by atoms with Crippen LogP contribution in [0.3, 0.4) is 0 Å². The van der Waals surface area contributed by atoms with Gasteiger partial charge < -0.3 is 10.6 Å². The van der Waals surface area contributed by atoms with Crippen LogP contribution in [-0.4, -0.2) is 25.1 Å². The van der Waals surface area contributed by atoms with Crippen molar-refractivity contribution in [2.45, 2.75) is 64.8 Å². The SMILES string of the molecule is CN=C(NCCC1CCCCC1)NC(C)(C)C. The molecule has 0 atom stereocenters. The molecule has 1 aliphatic carbocycles. The maximum Gasteiger partial charge on any atom is 0.191 e. The molecule has 0 aromatic carbocycles. The van der Waals surface area contributed by atoms with E-state index in [1.807, 2.05) is 7.05 Å². The Morgan fingerprint density at radius 3 is 2.35 bits per heavy atom. The predicted molar refractivity (Wildman–Crippen MR) is 75.4 cm³/mol. The first-order chi connectivity index (χ1) is 8.01. The highest BCUT2D eigenvalue weighted by molar-refractivity contribution is 5.80. The van der Waals surface area contributed by atoms with E-state index >= 15 is 0 Å². The van der Waals surface area contributed by atoms with Crippen molar-refractivity contribution in [3.63, 3.8) is 0 Å². The third kappa shape index (κ3) is 6.54. The number of hydrogen-bond donors (Lipinski definition) is 2. The first-order valence-corrected chi connectivity index (χ1v) is 7.00. The van der Waals surface area contributed by atoms with E-state index < -0.39 is 0 Å². The predicted octanol–water partition coefficient (Wildman–Crippen LogP) is 2.92. The lowest BCUT2D eigenvalue weighted by Gasteiger charge is -2.25.